The molecular weight excluding hydrogens is 191 g/mol. The van der Waals surface area contributed by atoms with Gasteiger partial charge < -0.3 is 5.32 Å². The standard InChI is InChI=1S/C10H12F3N/c1-3-9(14-2)10-7(12)4-6(11)5-8(10)13/h4-5,9,14H,3H2,1-2H3. The van der Waals surface area contributed by atoms with Crippen molar-refractivity contribution in [1.29, 1.82) is 0 Å². The number of hydrogen-bond acceptors (Lipinski definition) is 1. The van der Waals surface area contributed by atoms with E-state index in [0.717, 1.165) is 0 Å². The SMILES string of the molecule is CCC(NC)c1c(F)cc(F)cc1F. The van der Waals surface area contributed by atoms with Crippen molar-refractivity contribution in [1.82, 2.24) is 5.32 Å². The van der Waals surface area contributed by atoms with E-state index in [-0.39, 0.29) is 5.56 Å². The van der Waals surface area contributed by atoms with E-state index in [1.807, 2.05) is 0 Å². The van der Waals surface area contributed by atoms with Gasteiger partial charge in [-0.3, -0.25) is 0 Å². The molecule has 0 amide bonds. The summed E-state index contributed by atoms with van der Waals surface area (Å²) in [5.74, 6) is -2.58. The van der Waals surface area contributed by atoms with E-state index in [0.29, 0.717) is 18.6 Å². The summed E-state index contributed by atoms with van der Waals surface area (Å²) in [6.07, 6.45) is 0.538. The summed E-state index contributed by atoms with van der Waals surface area (Å²) >= 11 is 0. The van der Waals surface area contributed by atoms with Gasteiger partial charge in [-0.15, -0.1) is 0 Å². The maximum absolute atomic E-state index is 13.2. The van der Waals surface area contributed by atoms with Crippen LogP contribution >= 0.6 is 0 Å². The minimum Gasteiger partial charge on any atom is -0.313 e. The van der Waals surface area contributed by atoms with Gasteiger partial charge in [0.25, 0.3) is 0 Å². The molecule has 4 heteroatoms. The van der Waals surface area contributed by atoms with E-state index >= 15 is 0 Å². The van der Waals surface area contributed by atoms with Gasteiger partial charge in [-0.05, 0) is 13.5 Å². The minimum absolute atomic E-state index is 0.101. The highest BCUT2D eigenvalue weighted by Gasteiger charge is 2.18. The van der Waals surface area contributed by atoms with E-state index < -0.39 is 23.5 Å². The third-order valence-electron chi connectivity index (χ3n) is 2.15. The maximum atomic E-state index is 13.2. The van der Waals surface area contributed by atoms with Crippen molar-refractivity contribution in [3.63, 3.8) is 0 Å². The summed E-state index contributed by atoms with van der Waals surface area (Å²) in [5.41, 5.74) is -0.101. The molecule has 0 aliphatic carbocycles. The quantitative estimate of drug-likeness (QED) is 0.796. The number of benzene rings is 1. The van der Waals surface area contributed by atoms with Gasteiger partial charge in [0.15, 0.2) is 0 Å². The average Bonchev–Trinajstić information content (AvgIpc) is 2.10. The first-order valence-electron chi connectivity index (χ1n) is 4.41. The third kappa shape index (κ3) is 2.07. The largest absolute Gasteiger partial charge is 0.313 e. The number of halogens is 3. The summed E-state index contributed by atoms with van der Waals surface area (Å²) < 4.78 is 39.0. The Labute approximate surface area is 80.9 Å². The molecule has 1 rings (SSSR count). The van der Waals surface area contributed by atoms with Crippen molar-refractivity contribution >= 4 is 0 Å². The van der Waals surface area contributed by atoms with Crippen LogP contribution in [0.2, 0.25) is 0 Å². The molecule has 0 aliphatic rings. The number of rotatable bonds is 3. The molecule has 1 atom stereocenters. The van der Waals surface area contributed by atoms with E-state index in [4.69, 9.17) is 0 Å². The van der Waals surface area contributed by atoms with Gasteiger partial charge in [0, 0.05) is 23.7 Å². The molecule has 0 aliphatic heterocycles. The Bertz CT molecular complexity index is 298. The molecule has 14 heavy (non-hydrogen) atoms. The van der Waals surface area contributed by atoms with Crippen LogP contribution < -0.4 is 5.32 Å². The maximum Gasteiger partial charge on any atom is 0.133 e. The second-order valence-corrected chi connectivity index (χ2v) is 3.03. The Morgan fingerprint density at radius 1 is 1.21 bits per heavy atom. The lowest BCUT2D eigenvalue weighted by atomic mass is 10.0. The molecule has 0 aromatic heterocycles. The summed E-state index contributed by atoms with van der Waals surface area (Å²) in [6.45, 7) is 1.80. The number of hydrogen-bond donors (Lipinski definition) is 1. The third-order valence-corrected chi connectivity index (χ3v) is 2.15. The molecular formula is C10H12F3N. The predicted octanol–water partition coefficient (Wildman–Crippen LogP) is 2.77. The van der Waals surface area contributed by atoms with Crippen molar-refractivity contribution in [2.45, 2.75) is 19.4 Å². The van der Waals surface area contributed by atoms with Gasteiger partial charge in [-0.25, -0.2) is 13.2 Å². The molecule has 1 unspecified atom stereocenters. The van der Waals surface area contributed by atoms with Crippen LogP contribution in [0, 0.1) is 17.5 Å². The summed E-state index contributed by atoms with van der Waals surface area (Å²) in [7, 11) is 1.61. The number of nitrogens with one attached hydrogen (secondary N) is 1. The highest BCUT2D eigenvalue weighted by atomic mass is 19.1. The molecule has 78 valence electrons. The van der Waals surface area contributed by atoms with Gasteiger partial charge in [0.2, 0.25) is 0 Å². The Balaban J connectivity index is 3.19. The van der Waals surface area contributed by atoms with E-state index in [9.17, 15) is 13.2 Å². The van der Waals surface area contributed by atoms with Gasteiger partial charge in [0.1, 0.15) is 17.5 Å². The smallest absolute Gasteiger partial charge is 0.133 e. The lowest BCUT2D eigenvalue weighted by Crippen LogP contribution is -2.18. The summed E-state index contributed by atoms with van der Waals surface area (Å²) in [6, 6.07) is 0.965. The fourth-order valence-electron chi connectivity index (χ4n) is 1.44. The van der Waals surface area contributed by atoms with Crippen LogP contribution in [0.5, 0.6) is 0 Å². The van der Waals surface area contributed by atoms with E-state index in [1.54, 1.807) is 14.0 Å². The Morgan fingerprint density at radius 2 is 1.71 bits per heavy atom. The van der Waals surface area contributed by atoms with Gasteiger partial charge in [0.05, 0.1) is 0 Å². The average molecular weight is 203 g/mol. The molecule has 0 spiro atoms. The van der Waals surface area contributed by atoms with E-state index in [1.165, 1.54) is 0 Å². The topological polar surface area (TPSA) is 12.0 Å². The fraction of sp³-hybridized carbons (Fsp3) is 0.400. The van der Waals surface area contributed by atoms with Crippen molar-refractivity contribution in [2.24, 2.45) is 0 Å². The van der Waals surface area contributed by atoms with Crippen molar-refractivity contribution in [3.05, 3.63) is 35.1 Å². The van der Waals surface area contributed by atoms with Crippen molar-refractivity contribution in [2.75, 3.05) is 7.05 Å². The van der Waals surface area contributed by atoms with Gasteiger partial charge >= 0.3 is 0 Å². The van der Waals surface area contributed by atoms with Crippen LogP contribution in [0.25, 0.3) is 0 Å². The van der Waals surface area contributed by atoms with Gasteiger partial charge in [-0.2, -0.15) is 0 Å². The van der Waals surface area contributed by atoms with E-state index in [2.05, 4.69) is 5.32 Å². The van der Waals surface area contributed by atoms with Crippen LogP contribution in [0.1, 0.15) is 24.9 Å². The van der Waals surface area contributed by atoms with Crippen molar-refractivity contribution in [3.8, 4) is 0 Å². The normalized spacial score (nSPS) is 12.9. The predicted molar refractivity (Wildman–Crippen MR) is 48.4 cm³/mol. The van der Waals surface area contributed by atoms with Crippen LogP contribution in [-0.2, 0) is 0 Å². The molecule has 1 aromatic rings. The molecule has 0 heterocycles. The van der Waals surface area contributed by atoms with Crippen LogP contribution in [0.15, 0.2) is 12.1 Å². The second-order valence-electron chi connectivity index (χ2n) is 3.03. The van der Waals surface area contributed by atoms with Crippen molar-refractivity contribution < 1.29 is 13.2 Å². The molecule has 0 saturated carbocycles. The Hall–Kier alpha value is -1.03. The zero-order valence-corrected chi connectivity index (χ0v) is 8.07. The summed E-state index contributed by atoms with van der Waals surface area (Å²) in [4.78, 5) is 0. The lowest BCUT2D eigenvalue weighted by Gasteiger charge is -2.15. The molecule has 0 saturated heterocycles. The zero-order chi connectivity index (χ0) is 10.7. The first-order valence-corrected chi connectivity index (χ1v) is 4.41. The Morgan fingerprint density at radius 3 is 2.07 bits per heavy atom. The second kappa shape index (κ2) is 4.46. The summed E-state index contributed by atoms with van der Waals surface area (Å²) in [5, 5.41) is 2.77. The Kier molecular flexibility index (Phi) is 3.52. The molecule has 1 nitrogen and oxygen atoms in total. The minimum atomic E-state index is -0.894. The molecule has 0 radical (unpaired) electrons. The molecule has 1 N–H and O–H groups in total. The molecule has 0 fully saturated rings. The van der Waals surface area contributed by atoms with Crippen LogP contribution in [0.4, 0.5) is 13.2 Å². The zero-order valence-electron chi connectivity index (χ0n) is 8.07. The van der Waals surface area contributed by atoms with Crippen LogP contribution in [0.3, 0.4) is 0 Å². The lowest BCUT2D eigenvalue weighted by molar-refractivity contribution is 0.470. The molecule has 1 aromatic carbocycles. The molecule has 0 bridgehead atoms. The monoisotopic (exact) mass is 203 g/mol. The van der Waals surface area contributed by atoms with Gasteiger partial charge in [-0.1, -0.05) is 6.92 Å². The first-order chi connectivity index (χ1) is 6.60. The van der Waals surface area contributed by atoms with Crippen LogP contribution in [-0.4, -0.2) is 7.05 Å². The fourth-order valence-corrected chi connectivity index (χ4v) is 1.44. The first kappa shape index (κ1) is 11.0. The highest BCUT2D eigenvalue weighted by Crippen LogP contribution is 2.23. The highest BCUT2D eigenvalue weighted by molar-refractivity contribution is 5.24.